The van der Waals surface area contributed by atoms with E-state index in [0.29, 0.717) is 12.2 Å². The summed E-state index contributed by atoms with van der Waals surface area (Å²) < 4.78 is 11.9. The lowest BCUT2D eigenvalue weighted by atomic mass is 10.1. The lowest BCUT2D eigenvalue weighted by molar-refractivity contribution is -0.0780. The Kier molecular flexibility index (Phi) is 7.31. The highest BCUT2D eigenvalue weighted by Crippen LogP contribution is 2.25. The van der Waals surface area contributed by atoms with Crippen LogP contribution in [-0.4, -0.2) is 73.3 Å². The maximum atomic E-state index is 12.7. The number of amides is 1. The molecule has 1 amide bonds. The molecule has 6 heteroatoms. The van der Waals surface area contributed by atoms with Gasteiger partial charge in [0.2, 0.25) is 0 Å². The van der Waals surface area contributed by atoms with Gasteiger partial charge in [0.15, 0.2) is 0 Å². The van der Waals surface area contributed by atoms with Gasteiger partial charge in [0.25, 0.3) is 5.91 Å². The number of piperidine rings is 1. The van der Waals surface area contributed by atoms with Crippen molar-refractivity contribution >= 4 is 17.2 Å². The molecule has 27 heavy (non-hydrogen) atoms. The van der Waals surface area contributed by atoms with Crippen LogP contribution in [0.25, 0.3) is 0 Å². The Labute approximate surface area is 167 Å². The number of hydrogen-bond acceptors (Lipinski definition) is 5. The Balaban J connectivity index is 1.39. The summed E-state index contributed by atoms with van der Waals surface area (Å²) in [7, 11) is 0. The van der Waals surface area contributed by atoms with Crippen molar-refractivity contribution in [2.24, 2.45) is 0 Å². The highest BCUT2D eigenvalue weighted by Gasteiger charge is 2.26. The number of morpholine rings is 1. The van der Waals surface area contributed by atoms with E-state index in [1.165, 1.54) is 10.4 Å². The minimum absolute atomic E-state index is 0.192. The van der Waals surface area contributed by atoms with Crippen LogP contribution in [0.5, 0.6) is 0 Å². The third kappa shape index (κ3) is 5.53. The topological polar surface area (TPSA) is 42.0 Å². The summed E-state index contributed by atoms with van der Waals surface area (Å²) in [6.45, 7) is 13.8. The van der Waals surface area contributed by atoms with Crippen molar-refractivity contribution in [3.63, 3.8) is 0 Å². The van der Waals surface area contributed by atoms with Gasteiger partial charge in [-0.2, -0.15) is 0 Å². The average Bonchev–Trinajstić information content (AvgIpc) is 3.02. The number of thiophene rings is 1. The molecule has 0 saturated carbocycles. The number of nitrogens with zero attached hydrogens (tertiary/aromatic N) is 2. The largest absolute Gasteiger partial charge is 0.377 e. The van der Waals surface area contributed by atoms with Crippen LogP contribution in [-0.2, 0) is 15.9 Å². The Morgan fingerprint density at radius 3 is 2.52 bits per heavy atom. The molecule has 0 aromatic carbocycles. The smallest absolute Gasteiger partial charge is 0.263 e. The van der Waals surface area contributed by atoms with Gasteiger partial charge in [0.1, 0.15) is 0 Å². The summed E-state index contributed by atoms with van der Waals surface area (Å²) in [5.41, 5.74) is 1.30. The summed E-state index contributed by atoms with van der Waals surface area (Å²) in [6, 6.07) is 2.08. The second-order valence-electron chi connectivity index (χ2n) is 7.92. The quantitative estimate of drug-likeness (QED) is 0.742. The Hall–Kier alpha value is -0.950. The number of rotatable bonds is 6. The van der Waals surface area contributed by atoms with Gasteiger partial charge in [-0.05, 0) is 51.7 Å². The van der Waals surface area contributed by atoms with Gasteiger partial charge in [-0.15, -0.1) is 11.3 Å². The van der Waals surface area contributed by atoms with E-state index in [0.717, 1.165) is 63.5 Å². The van der Waals surface area contributed by atoms with E-state index in [1.54, 1.807) is 11.3 Å². The van der Waals surface area contributed by atoms with Gasteiger partial charge in [0, 0.05) is 37.6 Å². The van der Waals surface area contributed by atoms with E-state index < -0.39 is 0 Å². The van der Waals surface area contributed by atoms with E-state index in [4.69, 9.17) is 9.47 Å². The first-order chi connectivity index (χ1) is 13.0. The number of ether oxygens (including phenoxy) is 2. The van der Waals surface area contributed by atoms with Crippen LogP contribution in [0.1, 0.15) is 53.7 Å². The molecule has 2 saturated heterocycles. The average molecular weight is 395 g/mol. The van der Waals surface area contributed by atoms with Crippen molar-refractivity contribution in [1.29, 1.82) is 0 Å². The second kappa shape index (κ2) is 9.50. The molecule has 0 spiro atoms. The van der Waals surface area contributed by atoms with Gasteiger partial charge in [0.05, 0.1) is 29.8 Å². The summed E-state index contributed by atoms with van der Waals surface area (Å²) in [5, 5.41) is 0. The van der Waals surface area contributed by atoms with Crippen molar-refractivity contribution in [1.82, 2.24) is 9.80 Å². The zero-order valence-electron chi connectivity index (χ0n) is 17.2. The van der Waals surface area contributed by atoms with E-state index in [-0.39, 0.29) is 12.0 Å². The molecule has 0 aliphatic carbocycles. The number of hydrogen-bond donors (Lipinski definition) is 0. The van der Waals surface area contributed by atoms with Crippen LogP contribution in [0.3, 0.4) is 0 Å². The maximum Gasteiger partial charge on any atom is 0.263 e. The summed E-state index contributed by atoms with van der Waals surface area (Å²) in [4.78, 5) is 19.3. The fourth-order valence-corrected chi connectivity index (χ4v) is 5.25. The van der Waals surface area contributed by atoms with Crippen LogP contribution < -0.4 is 0 Å². The molecule has 152 valence electrons. The predicted molar refractivity (Wildman–Crippen MR) is 110 cm³/mol. The molecular formula is C21H34N2O3S. The minimum atomic E-state index is 0.192. The molecule has 2 atom stereocenters. The molecule has 3 heterocycles. The summed E-state index contributed by atoms with van der Waals surface area (Å²) in [5.74, 6) is 0.192. The molecule has 5 nitrogen and oxygen atoms in total. The number of carbonyl (C=O) groups excluding carboxylic acids is 1. The highest BCUT2D eigenvalue weighted by molar-refractivity contribution is 7.14. The molecular weight excluding hydrogens is 360 g/mol. The first-order valence-electron chi connectivity index (χ1n) is 10.3. The van der Waals surface area contributed by atoms with Crippen LogP contribution in [0.4, 0.5) is 0 Å². The van der Waals surface area contributed by atoms with Gasteiger partial charge >= 0.3 is 0 Å². The fraction of sp³-hybridized carbons (Fsp3) is 0.762. The van der Waals surface area contributed by atoms with Crippen molar-refractivity contribution in [2.45, 2.75) is 65.3 Å². The lowest BCUT2D eigenvalue weighted by Gasteiger charge is -2.36. The standard InChI is InChI=1S/C21H34N2O3S/c1-5-18-12-20(27-17(18)4)21(24)23-8-6-19(7-9-23)25-11-10-22-13-15(2)26-16(3)14-22/h12,15-16,19H,5-11,13-14H2,1-4H3/t15-,16-/m0/s1. The van der Waals surface area contributed by atoms with E-state index in [1.807, 2.05) is 4.90 Å². The van der Waals surface area contributed by atoms with Crippen molar-refractivity contribution < 1.29 is 14.3 Å². The summed E-state index contributed by atoms with van der Waals surface area (Å²) in [6.07, 6.45) is 3.75. The molecule has 0 bridgehead atoms. The molecule has 2 aliphatic rings. The molecule has 0 radical (unpaired) electrons. The molecule has 0 N–H and O–H groups in total. The predicted octanol–water partition coefficient (Wildman–Crippen LogP) is 3.35. The van der Waals surface area contributed by atoms with Crippen LogP contribution in [0, 0.1) is 6.92 Å². The molecule has 1 aromatic rings. The van der Waals surface area contributed by atoms with E-state index >= 15 is 0 Å². The fourth-order valence-electron chi connectivity index (χ4n) is 4.17. The first-order valence-corrected chi connectivity index (χ1v) is 11.2. The molecule has 3 rings (SSSR count). The van der Waals surface area contributed by atoms with E-state index in [2.05, 4.69) is 38.7 Å². The SMILES string of the molecule is CCc1cc(C(=O)N2CCC(OCCN3C[C@H](C)O[C@@H](C)C3)CC2)sc1C. The highest BCUT2D eigenvalue weighted by atomic mass is 32.1. The van der Waals surface area contributed by atoms with Gasteiger partial charge in [-0.1, -0.05) is 6.92 Å². The number of aryl methyl sites for hydroxylation is 2. The normalized spacial score (nSPS) is 25.1. The molecule has 0 unspecified atom stereocenters. The van der Waals surface area contributed by atoms with Crippen molar-refractivity contribution in [3.05, 3.63) is 21.4 Å². The third-order valence-corrected chi connectivity index (χ3v) is 6.68. The number of carbonyl (C=O) groups is 1. The summed E-state index contributed by atoms with van der Waals surface area (Å²) >= 11 is 1.63. The lowest BCUT2D eigenvalue weighted by Crippen LogP contribution is -2.47. The zero-order valence-corrected chi connectivity index (χ0v) is 18.0. The van der Waals surface area contributed by atoms with Crippen LogP contribution in [0.2, 0.25) is 0 Å². The zero-order chi connectivity index (χ0) is 19.4. The first kappa shape index (κ1) is 20.8. The van der Waals surface area contributed by atoms with Gasteiger partial charge < -0.3 is 14.4 Å². The van der Waals surface area contributed by atoms with Crippen LogP contribution in [0.15, 0.2) is 6.07 Å². The molecule has 2 fully saturated rings. The monoisotopic (exact) mass is 394 g/mol. The van der Waals surface area contributed by atoms with Gasteiger partial charge in [-0.3, -0.25) is 9.69 Å². The minimum Gasteiger partial charge on any atom is -0.377 e. The Morgan fingerprint density at radius 1 is 1.26 bits per heavy atom. The second-order valence-corrected chi connectivity index (χ2v) is 9.18. The Morgan fingerprint density at radius 2 is 1.93 bits per heavy atom. The van der Waals surface area contributed by atoms with Crippen molar-refractivity contribution in [2.75, 3.05) is 39.3 Å². The van der Waals surface area contributed by atoms with Gasteiger partial charge in [-0.25, -0.2) is 0 Å². The van der Waals surface area contributed by atoms with Crippen LogP contribution >= 0.6 is 11.3 Å². The molecule has 1 aromatic heterocycles. The third-order valence-electron chi connectivity index (χ3n) is 5.60. The van der Waals surface area contributed by atoms with Crippen molar-refractivity contribution in [3.8, 4) is 0 Å². The van der Waals surface area contributed by atoms with E-state index in [9.17, 15) is 4.79 Å². The molecule has 2 aliphatic heterocycles. The maximum absolute atomic E-state index is 12.7. The number of likely N-dealkylation sites (tertiary alicyclic amines) is 1. The Bertz CT molecular complexity index is 615.